The van der Waals surface area contributed by atoms with E-state index in [0.717, 1.165) is 5.56 Å². The first-order valence-corrected chi connectivity index (χ1v) is 8.31. The van der Waals surface area contributed by atoms with Crippen molar-refractivity contribution in [3.8, 4) is 0 Å². The Morgan fingerprint density at radius 3 is 2.56 bits per heavy atom. The lowest BCUT2D eigenvalue weighted by Gasteiger charge is -2.23. The molecule has 0 spiro atoms. The molecule has 132 valence electrons. The molecule has 0 unspecified atom stereocenters. The fourth-order valence-electron chi connectivity index (χ4n) is 1.94. The highest BCUT2D eigenvalue weighted by Gasteiger charge is 2.24. The Morgan fingerprint density at radius 2 is 1.92 bits per heavy atom. The van der Waals surface area contributed by atoms with E-state index in [0.29, 0.717) is 4.60 Å². The van der Waals surface area contributed by atoms with Crippen molar-refractivity contribution in [1.82, 2.24) is 9.88 Å². The van der Waals surface area contributed by atoms with E-state index in [1.807, 2.05) is 30.3 Å². The van der Waals surface area contributed by atoms with E-state index in [4.69, 9.17) is 4.74 Å². The molecule has 0 bridgehead atoms. The third-order valence-corrected chi connectivity index (χ3v) is 4.05. The number of hydrogen-bond donors (Lipinski definition) is 2. The Bertz CT molecular complexity index is 807. The lowest BCUT2D eigenvalue weighted by molar-refractivity contribution is -0.120. The lowest BCUT2D eigenvalue weighted by Crippen LogP contribution is -2.43. The van der Waals surface area contributed by atoms with Crippen LogP contribution in [0.25, 0.3) is 0 Å². The van der Waals surface area contributed by atoms with Crippen LogP contribution in [0.1, 0.15) is 12.5 Å². The Balaban J connectivity index is 1.93. The molecule has 2 rings (SSSR count). The number of ether oxygens (including phenoxy) is 1. The molecule has 0 radical (unpaired) electrons. The van der Waals surface area contributed by atoms with E-state index < -0.39 is 23.6 Å². The topological polar surface area (TPSA) is 91.5 Å². The van der Waals surface area contributed by atoms with Gasteiger partial charge in [-0.05, 0) is 40.5 Å². The molecule has 0 fully saturated rings. The van der Waals surface area contributed by atoms with Gasteiger partial charge in [0.25, 0.3) is 5.56 Å². The number of benzene rings is 1. The Labute approximate surface area is 153 Å². The highest BCUT2D eigenvalue weighted by Crippen LogP contribution is 2.09. The van der Waals surface area contributed by atoms with Crippen LogP contribution in [-0.4, -0.2) is 35.0 Å². The summed E-state index contributed by atoms with van der Waals surface area (Å²) in [5, 5.41) is 2.49. The average Bonchev–Trinajstić information content (AvgIpc) is 2.61. The second-order valence-corrected chi connectivity index (χ2v) is 6.22. The summed E-state index contributed by atoms with van der Waals surface area (Å²) in [5.74, 6) is -0.494. The third kappa shape index (κ3) is 5.18. The van der Waals surface area contributed by atoms with E-state index in [1.54, 1.807) is 13.0 Å². The number of aromatic nitrogens is 1. The van der Waals surface area contributed by atoms with Gasteiger partial charge in [-0.15, -0.1) is 0 Å². The predicted octanol–water partition coefficient (Wildman–Crippen LogP) is 2.73. The number of likely N-dealkylation sites (N-methyl/N-ethyl adjacent to an activating group) is 1. The van der Waals surface area contributed by atoms with Gasteiger partial charge in [0.1, 0.15) is 18.3 Å². The first-order chi connectivity index (χ1) is 11.9. The standard InChI is InChI=1S/C17H18BrN3O4/c1-11(15(22)19-13-8-9-14(18)20-16(13)23)21(2)17(24)25-10-12-6-4-3-5-7-12/h3-9,11H,10H2,1-2H3,(H,19,22)(H,20,23)/t11-/m0/s1. The molecule has 1 heterocycles. The van der Waals surface area contributed by atoms with Gasteiger partial charge < -0.3 is 15.0 Å². The van der Waals surface area contributed by atoms with Crippen LogP contribution in [0.2, 0.25) is 0 Å². The zero-order valence-electron chi connectivity index (χ0n) is 13.8. The minimum Gasteiger partial charge on any atom is -0.445 e. The number of nitrogens with zero attached hydrogens (tertiary/aromatic N) is 1. The molecule has 0 aliphatic heterocycles. The molecule has 2 aromatic rings. The van der Waals surface area contributed by atoms with Crippen molar-refractivity contribution in [1.29, 1.82) is 0 Å². The second kappa shape index (κ2) is 8.48. The summed E-state index contributed by atoms with van der Waals surface area (Å²) < 4.78 is 5.69. The van der Waals surface area contributed by atoms with Crippen LogP contribution in [0.15, 0.2) is 51.9 Å². The molecule has 8 heteroatoms. The van der Waals surface area contributed by atoms with Crippen LogP contribution < -0.4 is 10.9 Å². The zero-order valence-corrected chi connectivity index (χ0v) is 15.4. The molecule has 1 atom stereocenters. The third-order valence-electron chi connectivity index (χ3n) is 3.59. The van der Waals surface area contributed by atoms with Gasteiger partial charge in [0.15, 0.2) is 0 Å². The van der Waals surface area contributed by atoms with Gasteiger partial charge in [-0.2, -0.15) is 0 Å². The van der Waals surface area contributed by atoms with Crippen molar-refractivity contribution in [3.05, 3.63) is 63.0 Å². The summed E-state index contributed by atoms with van der Waals surface area (Å²) in [4.78, 5) is 39.8. The van der Waals surface area contributed by atoms with Crippen LogP contribution in [0.3, 0.4) is 0 Å². The summed E-state index contributed by atoms with van der Waals surface area (Å²) in [6, 6.07) is 11.5. The monoisotopic (exact) mass is 407 g/mol. The summed E-state index contributed by atoms with van der Waals surface area (Å²) >= 11 is 3.13. The van der Waals surface area contributed by atoms with Gasteiger partial charge in [0.05, 0.1) is 4.60 Å². The van der Waals surface area contributed by atoms with Crippen LogP contribution >= 0.6 is 15.9 Å². The summed E-state index contributed by atoms with van der Waals surface area (Å²) in [7, 11) is 1.46. The summed E-state index contributed by atoms with van der Waals surface area (Å²) in [6.07, 6.45) is -0.629. The Kier molecular flexibility index (Phi) is 6.35. The zero-order chi connectivity index (χ0) is 18.4. The minimum absolute atomic E-state index is 0.103. The first-order valence-electron chi connectivity index (χ1n) is 7.51. The van der Waals surface area contributed by atoms with Gasteiger partial charge in [-0.1, -0.05) is 30.3 Å². The number of H-pyrrole nitrogens is 1. The number of carbonyl (C=O) groups is 2. The van der Waals surface area contributed by atoms with Crippen molar-refractivity contribution in [2.75, 3.05) is 12.4 Å². The van der Waals surface area contributed by atoms with Gasteiger partial charge in [0, 0.05) is 7.05 Å². The number of halogens is 1. The molecular weight excluding hydrogens is 390 g/mol. The normalized spacial score (nSPS) is 11.5. The Morgan fingerprint density at radius 1 is 1.24 bits per heavy atom. The second-order valence-electron chi connectivity index (χ2n) is 5.37. The quantitative estimate of drug-likeness (QED) is 0.745. The first kappa shape index (κ1) is 18.7. The maximum absolute atomic E-state index is 12.2. The largest absolute Gasteiger partial charge is 0.445 e. The van der Waals surface area contributed by atoms with Crippen LogP contribution in [-0.2, 0) is 16.1 Å². The van der Waals surface area contributed by atoms with Gasteiger partial charge in [-0.3, -0.25) is 14.5 Å². The fraction of sp³-hybridized carbons (Fsp3) is 0.235. The van der Waals surface area contributed by atoms with Gasteiger partial charge in [0.2, 0.25) is 5.91 Å². The van der Waals surface area contributed by atoms with E-state index in [9.17, 15) is 14.4 Å². The van der Waals surface area contributed by atoms with E-state index in [2.05, 4.69) is 26.2 Å². The van der Waals surface area contributed by atoms with Crippen molar-refractivity contribution < 1.29 is 14.3 Å². The van der Waals surface area contributed by atoms with Gasteiger partial charge in [-0.25, -0.2) is 4.79 Å². The van der Waals surface area contributed by atoms with E-state index >= 15 is 0 Å². The number of anilines is 1. The molecule has 7 nitrogen and oxygen atoms in total. The molecule has 1 aromatic heterocycles. The summed E-state index contributed by atoms with van der Waals surface area (Å²) in [5.41, 5.74) is 0.512. The average molecular weight is 408 g/mol. The molecule has 0 saturated heterocycles. The predicted molar refractivity (Wildman–Crippen MR) is 97.2 cm³/mol. The highest BCUT2D eigenvalue weighted by atomic mass is 79.9. The van der Waals surface area contributed by atoms with Crippen LogP contribution in [0.5, 0.6) is 0 Å². The minimum atomic E-state index is -0.814. The number of nitrogens with one attached hydrogen (secondary N) is 2. The molecule has 0 saturated carbocycles. The van der Waals surface area contributed by atoms with Crippen molar-refractivity contribution >= 4 is 33.6 Å². The van der Waals surface area contributed by atoms with Crippen molar-refractivity contribution in [3.63, 3.8) is 0 Å². The number of amides is 2. The molecule has 1 aromatic carbocycles. The number of aromatic amines is 1. The molecule has 0 aliphatic rings. The van der Waals surface area contributed by atoms with E-state index in [1.165, 1.54) is 18.0 Å². The van der Waals surface area contributed by atoms with Crippen molar-refractivity contribution in [2.24, 2.45) is 0 Å². The molecule has 2 N–H and O–H groups in total. The molecule has 0 aliphatic carbocycles. The van der Waals surface area contributed by atoms with Crippen LogP contribution in [0, 0.1) is 0 Å². The lowest BCUT2D eigenvalue weighted by atomic mass is 10.2. The van der Waals surface area contributed by atoms with E-state index in [-0.39, 0.29) is 12.3 Å². The Hall–Kier alpha value is -2.61. The number of pyridine rings is 1. The molecule has 2 amide bonds. The number of rotatable bonds is 5. The molecule has 25 heavy (non-hydrogen) atoms. The molecular formula is C17H18BrN3O4. The van der Waals surface area contributed by atoms with Crippen molar-refractivity contribution in [2.45, 2.75) is 19.6 Å². The smallest absolute Gasteiger partial charge is 0.410 e. The SMILES string of the molecule is C[C@@H](C(=O)Nc1ccc(Br)[nH]c1=O)N(C)C(=O)OCc1ccccc1. The summed E-state index contributed by atoms with van der Waals surface area (Å²) in [6.45, 7) is 1.66. The fourth-order valence-corrected chi connectivity index (χ4v) is 2.25. The van der Waals surface area contributed by atoms with Gasteiger partial charge >= 0.3 is 6.09 Å². The van der Waals surface area contributed by atoms with Crippen LogP contribution in [0.4, 0.5) is 10.5 Å². The number of hydrogen-bond acceptors (Lipinski definition) is 4. The number of carbonyl (C=O) groups excluding carboxylic acids is 2. The highest BCUT2D eigenvalue weighted by molar-refractivity contribution is 9.10. The maximum atomic E-state index is 12.2. The maximum Gasteiger partial charge on any atom is 0.410 e.